The highest BCUT2D eigenvalue weighted by Gasteiger charge is 2.37. The first-order valence-electron chi connectivity index (χ1n) is 10.9. The summed E-state index contributed by atoms with van der Waals surface area (Å²) in [6.07, 6.45) is 0.281. The predicted octanol–water partition coefficient (Wildman–Crippen LogP) is 2.83. The maximum atomic E-state index is 12.6. The van der Waals surface area contributed by atoms with E-state index in [-0.39, 0.29) is 25.6 Å². The van der Waals surface area contributed by atoms with Gasteiger partial charge in [-0.2, -0.15) is 0 Å². The molecule has 0 saturated carbocycles. The SMILES string of the molecule is C=CCC(NC(=O)[C@@H]1OCC[C@@H]1NC(=O)OCC1c2ccccc2-c2ccccc21)C(=O)O. The van der Waals surface area contributed by atoms with Gasteiger partial charge in [0.05, 0.1) is 6.04 Å². The highest BCUT2D eigenvalue weighted by molar-refractivity contribution is 5.87. The molecule has 1 saturated heterocycles. The van der Waals surface area contributed by atoms with E-state index in [0.29, 0.717) is 6.42 Å². The minimum atomic E-state index is -1.16. The number of aliphatic carboxylic acids is 1. The number of amides is 2. The molecular formula is C25H26N2O6. The Morgan fingerprint density at radius 2 is 1.76 bits per heavy atom. The summed E-state index contributed by atoms with van der Waals surface area (Å²) >= 11 is 0. The first kappa shape index (κ1) is 22.5. The van der Waals surface area contributed by atoms with Gasteiger partial charge in [-0.25, -0.2) is 9.59 Å². The monoisotopic (exact) mass is 450 g/mol. The second kappa shape index (κ2) is 9.87. The number of hydrogen-bond donors (Lipinski definition) is 3. The van der Waals surface area contributed by atoms with Crippen LogP contribution in [-0.2, 0) is 19.1 Å². The predicted molar refractivity (Wildman–Crippen MR) is 121 cm³/mol. The third kappa shape index (κ3) is 4.75. The molecule has 0 spiro atoms. The van der Waals surface area contributed by atoms with Crippen LogP contribution in [0.2, 0.25) is 0 Å². The first-order chi connectivity index (χ1) is 16.0. The molecule has 8 nitrogen and oxygen atoms in total. The molecule has 0 bridgehead atoms. The van der Waals surface area contributed by atoms with Gasteiger partial charge in [0.2, 0.25) is 0 Å². The zero-order valence-electron chi connectivity index (χ0n) is 18.0. The summed E-state index contributed by atoms with van der Waals surface area (Å²) in [6, 6.07) is 14.4. The molecule has 2 aromatic carbocycles. The summed E-state index contributed by atoms with van der Waals surface area (Å²) in [4.78, 5) is 36.4. The quantitative estimate of drug-likeness (QED) is 0.533. The maximum Gasteiger partial charge on any atom is 0.407 e. The summed E-state index contributed by atoms with van der Waals surface area (Å²) in [5, 5.41) is 14.4. The fraction of sp³-hybridized carbons (Fsp3) is 0.320. The van der Waals surface area contributed by atoms with Gasteiger partial charge in [-0.3, -0.25) is 4.79 Å². The maximum absolute atomic E-state index is 12.6. The minimum Gasteiger partial charge on any atom is -0.480 e. The van der Waals surface area contributed by atoms with E-state index in [1.165, 1.54) is 6.08 Å². The average molecular weight is 450 g/mol. The molecule has 1 aliphatic heterocycles. The van der Waals surface area contributed by atoms with Crippen molar-refractivity contribution >= 4 is 18.0 Å². The van der Waals surface area contributed by atoms with E-state index >= 15 is 0 Å². The van der Waals surface area contributed by atoms with Crippen LogP contribution in [-0.4, -0.2) is 54.5 Å². The molecule has 172 valence electrons. The van der Waals surface area contributed by atoms with Crippen molar-refractivity contribution in [1.29, 1.82) is 0 Å². The van der Waals surface area contributed by atoms with E-state index in [4.69, 9.17) is 9.47 Å². The number of hydrogen-bond acceptors (Lipinski definition) is 5. The molecule has 1 fully saturated rings. The second-order valence-electron chi connectivity index (χ2n) is 8.08. The second-order valence-corrected chi connectivity index (χ2v) is 8.08. The summed E-state index contributed by atoms with van der Waals surface area (Å²) < 4.78 is 11.0. The van der Waals surface area contributed by atoms with Crippen molar-refractivity contribution in [2.75, 3.05) is 13.2 Å². The van der Waals surface area contributed by atoms with Gasteiger partial charge in [0, 0.05) is 12.5 Å². The van der Waals surface area contributed by atoms with Crippen LogP contribution in [0.4, 0.5) is 4.79 Å². The van der Waals surface area contributed by atoms with Gasteiger partial charge in [-0.15, -0.1) is 6.58 Å². The molecule has 2 aliphatic rings. The fourth-order valence-electron chi connectivity index (χ4n) is 4.43. The van der Waals surface area contributed by atoms with Gasteiger partial charge in [0.1, 0.15) is 12.6 Å². The fourth-order valence-corrected chi connectivity index (χ4v) is 4.43. The van der Waals surface area contributed by atoms with Crippen molar-refractivity contribution in [3.05, 3.63) is 72.3 Å². The number of nitrogens with one attached hydrogen (secondary N) is 2. The van der Waals surface area contributed by atoms with Crippen LogP contribution in [0.25, 0.3) is 11.1 Å². The van der Waals surface area contributed by atoms with Crippen molar-refractivity contribution < 1.29 is 29.0 Å². The molecule has 1 unspecified atom stereocenters. The number of ether oxygens (including phenoxy) is 2. The van der Waals surface area contributed by atoms with E-state index in [1.807, 2.05) is 36.4 Å². The number of carbonyl (C=O) groups is 3. The molecule has 3 N–H and O–H groups in total. The smallest absolute Gasteiger partial charge is 0.407 e. The number of carboxylic acids is 1. The lowest BCUT2D eigenvalue weighted by Gasteiger charge is -2.22. The van der Waals surface area contributed by atoms with Crippen molar-refractivity contribution in [2.45, 2.75) is 36.9 Å². The number of carboxylic acid groups (broad SMARTS) is 1. The van der Waals surface area contributed by atoms with E-state index < -0.39 is 36.2 Å². The minimum absolute atomic E-state index is 0.0719. The molecule has 2 aromatic rings. The Balaban J connectivity index is 1.37. The summed E-state index contributed by atoms with van der Waals surface area (Å²) in [5.74, 6) is -1.83. The first-order valence-corrected chi connectivity index (χ1v) is 10.9. The molecule has 4 rings (SSSR count). The third-order valence-electron chi connectivity index (χ3n) is 6.01. The van der Waals surface area contributed by atoms with Crippen molar-refractivity contribution in [1.82, 2.24) is 10.6 Å². The van der Waals surface area contributed by atoms with Crippen molar-refractivity contribution in [3.63, 3.8) is 0 Å². The molecule has 1 heterocycles. The van der Waals surface area contributed by atoms with Gasteiger partial charge in [0.15, 0.2) is 6.10 Å². The Labute approximate surface area is 191 Å². The molecular weight excluding hydrogens is 424 g/mol. The Hall–Kier alpha value is -3.65. The van der Waals surface area contributed by atoms with Crippen LogP contribution in [0.3, 0.4) is 0 Å². The normalized spacial score (nSPS) is 19.8. The zero-order chi connectivity index (χ0) is 23.4. The molecule has 0 aromatic heterocycles. The largest absolute Gasteiger partial charge is 0.480 e. The number of fused-ring (bicyclic) bond motifs is 3. The molecule has 2 amide bonds. The Bertz CT molecular complexity index is 1020. The third-order valence-corrected chi connectivity index (χ3v) is 6.01. The number of carbonyl (C=O) groups excluding carboxylic acids is 2. The standard InChI is InChI=1S/C25H26N2O6/c1-2-7-21(24(29)30)26-23(28)22-20(12-13-32-22)27-25(31)33-14-19-17-10-5-3-8-15(17)16-9-4-6-11-18(16)19/h2-6,8-11,19-22H,1,7,12-14H2,(H,26,28)(H,27,31)(H,29,30)/t20-,21?,22+/m0/s1. The van der Waals surface area contributed by atoms with E-state index in [0.717, 1.165) is 22.3 Å². The number of benzene rings is 2. The lowest BCUT2D eigenvalue weighted by atomic mass is 9.98. The molecule has 0 radical (unpaired) electrons. The van der Waals surface area contributed by atoms with E-state index in [9.17, 15) is 19.5 Å². The summed E-state index contributed by atoms with van der Waals surface area (Å²) in [7, 11) is 0. The summed E-state index contributed by atoms with van der Waals surface area (Å²) in [6.45, 7) is 3.93. The van der Waals surface area contributed by atoms with E-state index in [1.54, 1.807) is 0 Å². The highest BCUT2D eigenvalue weighted by atomic mass is 16.6. The van der Waals surface area contributed by atoms with Crippen LogP contribution in [0, 0.1) is 0 Å². The number of alkyl carbamates (subject to hydrolysis) is 1. The van der Waals surface area contributed by atoms with Crippen LogP contribution in [0.15, 0.2) is 61.2 Å². The average Bonchev–Trinajstić information content (AvgIpc) is 3.40. The van der Waals surface area contributed by atoms with Gasteiger partial charge in [-0.1, -0.05) is 54.6 Å². The summed E-state index contributed by atoms with van der Waals surface area (Å²) in [5.41, 5.74) is 4.48. The van der Waals surface area contributed by atoms with Crippen molar-refractivity contribution in [2.24, 2.45) is 0 Å². The Kier molecular flexibility index (Phi) is 6.74. The number of rotatable bonds is 8. The van der Waals surface area contributed by atoms with Crippen LogP contribution in [0.5, 0.6) is 0 Å². The van der Waals surface area contributed by atoms with Crippen LogP contribution >= 0.6 is 0 Å². The topological polar surface area (TPSA) is 114 Å². The van der Waals surface area contributed by atoms with Gasteiger partial charge < -0.3 is 25.2 Å². The Morgan fingerprint density at radius 3 is 2.36 bits per heavy atom. The van der Waals surface area contributed by atoms with Gasteiger partial charge in [0.25, 0.3) is 5.91 Å². The molecule has 8 heteroatoms. The van der Waals surface area contributed by atoms with Crippen LogP contribution < -0.4 is 10.6 Å². The Morgan fingerprint density at radius 1 is 1.12 bits per heavy atom. The lowest BCUT2D eigenvalue weighted by molar-refractivity contribution is -0.143. The lowest BCUT2D eigenvalue weighted by Crippen LogP contribution is -2.52. The zero-order valence-corrected chi connectivity index (χ0v) is 18.0. The van der Waals surface area contributed by atoms with Crippen molar-refractivity contribution in [3.8, 4) is 11.1 Å². The molecule has 3 atom stereocenters. The molecule has 33 heavy (non-hydrogen) atoms. The van der Waals surface area contributed by atoms with Gasteiger partial charge >= 0.3 is 12.1 Å². The molecule has 1 aliphatic carbocycles. The highest BCUT2D eigenvalue weighted by Crippen LogP contribution is 2.44. The van der Waals surface area contributed by atoms with Crippen LogP contribution in [0.1, 0.15) is 29.9 Å². The van der Waals surface area contributed by atoms with E-state index in [2.05, 4.69) is 29.3 Å². The van der Waals surface area contributed by atoms with Gasteiger partial charge in [-0.05, 0) is 35.1 Å².